The molecular weight excluding hydrogens is 240 g/mol. The Morgan fingerprint density at radius 2 is 1.95 bits per heavy atom. The van der Waals surface area contributed by atoms with Gasteiger partial charge in [-0.3, -0.25) is 0 Å². The second-order valence-electron chi connectivity index (χ2n) is 4.35. The van der Waals surface area contributed by atoms with E-state index in [2.05, 4.69) is 0 Å². The number of carbonyl (C=O) groups is 1. The van der Waals surface area contributed by atoms with Crippen molar-refractivity contribution in [3.8, 4) is 16.9 Å². The molecule has 2 aromatic rings. The highest BCUT2D eigenvalue weighted by molar-refractivity contribution is 5.89. The van der Waals surface area contributed by atoms with Gasteiger partial charge in [-0.05, 0) is 54.8 Å². The Morgan fingerprint density at radius 3 is 2.63 bits per heavy atom. The third kappa shape index (κ3) is 3.13. The van der Waals surface area contributed by atoms with E-state index in [-0.39, 0.29) is 0 Å². The van der Waals surface area contributed by atoms with Crippen LogP contribution in [-0.4, -0.2) is 17.7 Å². The van der Waals surface area contributed by atoms with Gasteiger partial charge in [0.25, 0.3) is 0 Å². The maximum atomic E-state index is 11.1. The zero-order valence-electron chi connectivity index (χ0n) is 11.0. The Labute approximate surface area is 112 Å². The van der Waals surface area contributed by atoms with Gasteiger partial charge in [0.05, 0.1) is 12.2 Å². The van der Waals surface area contributed by atoms with E-state index < -0.39 is 5.97 Å². The lowest BCUT2D eigenvalue weighted by Crippen LogP contribution is -1.97. The Hall–Kier alpha value is -2.29. The van der Waals surface area contributed by atoms with E-state index in [9.17, 15) is 4.79 Å². The summed E-state index contributed by atoms with van der Waals surface area (Å²) in [6, 6.07) is 13.0. The molecule has 0 radical (unpaired) electrons. The number of benzene rings is 2. The lowest BCUT2D eigenvalue weighted by atomic mass is 10.00. The average Bonchev–Trinajstić information content (AvgIpc) is 2.38. The minimum atomic E-state index is -0.911. The van der Waals surface area contributed by atoms with Gasteiger partial charge < -0.3 is 9.84 Å². The highest BCUT2D eigenvalue weighted by Crippen LogP contribution is 2.26. The van der Waals surface area contributed by atoms with Gasteiger partial charge in [-0.15, -0.1) is 0 Å². The normalized spacial score (nSPS) is 10.2. The SMILES string of the molecule is CCOc1cccc(-c2cc(C)cc(C(=O)O)c2)c1. The second kappa shape index (κ2) is 5.57. The number of carboxylic acids is 1. The summed E-state index contributed by atoms with van der Waals surface area (Å²) in [4.78, 5) is 11.1. The molecule has 1 N–H and O–H groups in total. The highest BCUT2D eigenvalue weighted by atomic mass is 16.5. The summed E-state index contributed by atoms with van der Waals surface area (Å²) in [5, 5.41) is 9.09. The predicted octanol–water partition coefficient (Wildman–Crippen LogP) is 3.76. The summed E-state index contributed by atoms with van der Waals surface area (Å²) in [6.07, 6.45) is 0. The van der Waals surface area contributed by atoms with E-state index in [1.807, 2.05) is 44.2 Å². The first kappa shape index (κ1) is 13.1. The molecule has 0 amide bonds. The molecule has 0 saturated heterocycles. The summed E-state index contributed by atoms with van der Waals surface area (Å²) >= 11 is 0. The zero-order chi connectivity index (χ0) is 13.8. The number of aromatic carboxylic acids is 1. The van der Waals surface area contributed by atoms with E-state index in [1.165, 1.54) is 0 Å². The molecule has 0 aliphatic carbocycles. The van der Waals surface area contributed by atoms with Crippen LogP contribution in [0.25, 0.3) is 11.1 Å². The Bertz CT molecular complexity index is 603. The van der Waals surface area contributed by atoms with Gasteiger partial charge in [0.2, 0.25) is 0 Å². The van der Waals surface area contributed by atoms with E-state index in [4.69, 9.17) is 9.84 Å². The molecule has 98 valence electrons. The minimum absolute atomic E-state index is 0.303. The van der Waals surface area contributed by atoms with Crippen molar-refractivity contribution < 1.29 is 14.6 Å². The maximum Gasteiger partial charge on any atom is 0.335 e. The molecule has 0 aliphatic heterocycles. The zero-order valence-corrected chi connectivity index (χ0v) is 11.0. The molecular formula is C16H16O3. The van der Waals surface area contributed by atoms with Gasteiger partial charge in [-0.2, -0.15) is 0 Å². The van der Waals surface area contributed by atoms with Crippen molar-refractivity contribution in [2.24, 2.45) is 0 Å². The van der Waals surface area contributed by atoms with Gasteiger partial charge in [-0.25, -0.2) is 4.79 Å². The Balaban J connectivity index is 2.46. The fraction of sp³-hybridized carbons (Fsp3) is 0.188. The van der Waals surface area contributed by atoms with Gasteiger partial charge in [0, 0.05) is 0 Å². The molecule has 0 unspecified atom stereocenters. The van der Waals surface area contributed by atoms with Crippen LogP contribution < -0.4 is 4.74 Å². The number of hydrogen-bond donors (Lipinski definition) is 1. The van der Waals surface area contributed by atoms with Crippen LogP contribution in [0.5, 0.6) is 5.75 Å². The van der Waals surface area contributed by atoms with Crippen LogP contribution in [0.3, 0.4) is 0 Å². The van der Waals surface area contributed by atoms with Crippen molar-refractivity contribution >= 4 is 5.97 Å². The van der Waals surface area contributed by atoms with Gasteiger partial charge in [-0.1, -0.05) is 18.2 Å². The quantitative estimate of drug-likeness (QED) is 0.906. The smallest absolute Gasteiger partial charge is 0.335 e. The number of carboxylic acid groups (broad SMARTS) is 1. The minimum Gasteiger partial charge on any atom is -0.494 e. The number of aryl methyl sites for hydroxylation is 1. The summed E-state index contributed by atoms with van der Waals surface area (Å²) < 4.78 is 5.46. The first-order chi connectivity index (χ1) is 9.10. The van der Waals surface area contributed by atoms with Crippen molar-refractivity contribution in [1.82, 2.24) is 0 Å². The monoisotopic (exact) mass is 256 g/mol. The molecule has 3 heteroatoms. The molecule has 2 aromatic carbocycles. The van der Waals surface area contributed by atoms with Gasteiger partial charge in [0.1, 0.15) is 5.75 Å². The third-order valence-electron chi connectivity index (χ3n) is 2.80. The summed E-state index contributed by atoms with van der Waals surface area (Å²) in [7, 11) is 0. The number of rotatable bonds is 4. The first-order valence-electron chi connectivity index (χ1n) is 6.18. The summed E-state index contributed by atoms with van der Waals surface area (Å²) in [5.74, 6) is -0.121. The number of ether oxygens (including phenoxy) is 1. The van der Waals surface area contributed by atoms with Crippen LogP contribution in [0.15, 0.2) is 42.5 Å². The third-order valence-corrected chi connectivity index (χ3v) is 2.80. The van der Waals surface area contributed by atoms with E-state index >= 15 is 0 Å². The first-order valence-corrected chi connectivity index (χ1v) is 6.18. The van der Waals surface area contributed by atoms with Crippen molar-refractivity contribution in [3.05, 3.63) is 53.6 Å². The second-order valence-corrected chi connectivity index (χ2v) is 4.35. The van der Waals surface area contributed by atoms with Gasteiger partial charge >= 0.3 is 5.97 Å². The molecule has 0 saturated carbocycles. The molecule has 3 nitrogen and oxygen atoms in total. The molecule has 19 heavy (non-hydrogen) atoms. The van der Waals surface area contributed by atoms with Crippen molar-refractivity contribution in [3.63, 3.8) is 0 Å². The van der Waals surface area contributed by atoms with Crippen molar-refractivity contribution in [1.29, 1.82) is 0 Å². The van der Waals surface area contributed by atoms with Crippen LogP contribution in [0, 0.1) is 6.92 Å². The standard InChI is InChI=1S/C16H16O3/c1-3-19-15-6-4-5-12(10-15)13-7-11(2)8-14(9-13)16(17)18/h4-10H,3H2,1-2H3,(H,17,18). The van der Waals surface area contributed by atoms with Crippen molar-refractivity contribution in [2.45, 2.75) is 13.8 Å². The van der Waals surface area contributed by atoms with Gasteiger partial charge in [0.15, 0.2) is 0 Å². The fourth-order valence-corrected chi connectivity index (χ4v) is 2.01. The van der Waals surface area contributed by atoms with Crippen LogP contribution in [-0.2, 0) is 0 Å². The lowest BCUT2D eigenvalue weighted by molar-refractivity contribution is 0.0697. The van der Waals surface area contributed by atoms with Crippen LogP contribution in [0.1, 0.15) is 22.8 Å². The Kier molecular flexibility index (Phi) is 3.85. The number of hydrogen-bond acceptors (Lipinski definition) is 2. The Morgan fingerprint density at radius 1 is 1.16 bits per heavy atom. The highest BCUT2D eigenvalue weighted by Gasteiger charge is 2.07. The van der Waals surface area contributed by atoms with Crippen LogP contribution in [0.2, 0.25) is 0 Å². The predicted molar refractivity (Wildman–Crippen MR) is 74.7 cm³/mol. The van der Waals surface area contributed by atoms with E-state index in [0.717, 1.165) is 22.4 Å². The summed E-state index contributed by atoms with van der Waals surface area (Å²) in [6.45, 7) is 4.43. The average molecular weight is 256 g/mol. The molecule has 0 fully saturated rings. The molecule has 0 atom stereocenters. The lowest BCUT2D eigenvalue weighted by Gasteiger charge is -2.08. The molecule has 0 aliphatic rings. The van der Waals surface area contributed by atoms with Crippen molar-refractivity contribution in [2.75, 3.05) is 6.61 Å². The summed E-state index contributed by atoms with van der Waals surface area (Å²) in [5.41, 5.74) is 3.07. The van der Waals surface area contributed by atoms with E-state index in [1.54, 1.807) is 12.1 Å². The molecule has 0 spiro atoms. The fourth-order valence-electron chi connectivity index (χ4n) is 2.01. The van der Waals surface area contributed by atoms with E-state index in [0.29, 0.717) is 12.2 Å². The topological polar surface area (TPSA) is 46.5 Å². The molecule has 2 rings (SSSR count). The molecule has 0 heterocycles. The van der Waals surface area contributed by atoms with Crippen LogP contribution >= 0.6 is 0 Å². The largest absolute Gasteiger partial charge is 0.494 e. The maximum absolute atomic E-state index is 11.1. The molecule has 0 bridgehead atoms. The van der Waals surface area contributed by atoms with Crippen LogP contribution in [0.4, 0.5) is 0 Å². The molecule has 0 aromatic heterocycles.